The predicted molar refractivity (Wildman–Crippen MR) is 185 cm³/mol. The maximum absolute atomic E-state index is 12.7. The Kier molecular flexibility index (Phi) is 18.4. The molecule has 16 nitrogen and oxygen atoms in total. The quantitative estimate of drug-likeness (QED) is 0.0537. The third kappa shape index (κ3) is 18.6. The van der Waals surface area contributed by atoms with Crippen LogP contribution in [-0.4, -0.2) is 93.9 Å². The molecule has 1 aliphatic carbocycles. The zero-order valence-corrected chi connectivity index (χ0v) is 28.3. The highest BCUT2D eigenvalue weighted by Gasteiger charge is 2.28. The van der Waals surface area contributed by atoms with Gasteiger partial charge in [0.15, 0.2) is 5.11 Å². The SMILES string of the molecule is NC(Cc1ccc(NC(=S)NCCCCCC(=O)N[C@@H](CCC(=O)O)C(=O)NCCCC[C@H](NC(=O)NCC(=O)O)C(=O)O)cc1)C1CC1. The molecule has 272 valence electrons. The lowest BCUT2D eigenvalue weighted by Crippen LogP contribution is -2.47. The molecule has 11 N–H and O–H groups in total. The van der Waals surface area contributed by atoms with Gasteiger partial charge in [-0.1, -0.05) is 18.6 Å². The van der Waals surface area contributed by atoms with Gasteiger partial charge in [-0.3, -0.25) is 19.2 Å². The van der Waals surface area contributed by atoms with Crippen molar-refractivity contribution in [3.05, 3.63) is 29.8 Å². The number of benzene rings is 1. The summed E-state index contributed by atoms with van der Waals surface area (Å²) in [5, 5.41) is 43.1. The van der Waals surface area contributed by atoms with Crippen LogP contribution in [0.2, 0.25) is 0 Å². The van der Waals surface area contributed by atoms with Crippen molar-refractivity contribution in [2.24, 2.45) is 11.7 Å². The Labute approximate surface area is 290 Å². The van der Waals surface area contributed by atoms with Gasteiger partial charge in [-0.2, -0.15) is 0 Å². The molecule has 1 aromatic carbocycles. The zero-order valence-electron chi connectivity index (χ0n) is 27.5. The van der Waals surface area contributed by atoms with Gasteiger partial charge < -0.3 is 53.0 Å². The van der Waals surface area contributed by atoms with E-state index in [4.69, 9.17) is 28.2 Å². The third-order valence-electron chi connectivity index (χ3n) is 7.80. The second kappa shape index (κ2) is 22.2. The highest BCUT2D eigenvalue weighted by molar-refractivity contribution is 7.80. The molecule has 2 rings (SSSR count). The first-order valence-electron chi connectivity index (χ1n) is 16.5. The first kappa shape index (κ1) is 40.7. The summed E-state index contributed by atoms with van der Waals surface area (Å²) < 4.78 is 0. The normalized spacial score (nSPS) is 14.0. The Morgan fingerprint density at radius 2 is 1.45 bits per heavy atom. The average molecular weight is 708 g/mol. The van der Waals surface area contributed by atoms with Crippen molar-refractivity contribution in [1.82, 2.24) is 26.6 Å². The number of thiocarbonyl (C=S) groups is 1. The van der Waals surface area contributed by atoms with Gasteiger partial charge in [0.1, 0.15) is 18.6 Å². The lowest BCUT2D eigenvalue weighted by Gasteiger charge is -2.18. The minimum atomic E-state index is -1.30. The molecule has 1 aliphatic rings. The van der Waals surface area contributed by atoms with Crippen LogP contribution in [0.3, 0.4) is 0 Å². The monoisotopic (exact) mass is 707 g/mol. The topological polar surface area (TPSA) is 261 Å². The second-order valence-corrected chi connectivity index (χ2v) is 12.5. The number of amides is 4. The average Bonchev–Trinajstić information content (AvgIpc) is 3.89. The number of carboxylic acid groups (broad SMARTS) is 3. The van der Waals surface area contributed by atoms with E-state index in [1.807, 2.05) is 29.6 Å². The molecule has 0 saturated heterocycles. The Balaban J connectivity index is 1.63. The molecule has 4 amide bonds. The standard InChI is InChI=1S/C32H49N7O9S/c33-23(21-10-11-21)18-20-8-12-22(13-9-20)37-32(49)35-17-4-1-2-7-26(40)38-24(14-15-27(41)42)29(45)34-16-5-3-6-25(30(46)47)39-31(48)36-19-28(43)44/h8-9,12-13,21,23-25H,1-7,10-11,14-19,33H2,(H,34,45)(H,38,40)(H,41,42)(H,43,44)(H,46,47)(H2,35,37,49)(H2,36,39,48)/t23?,24-,25-/m0/s1. The van der Waals surface area contributed by atoms with Gasteiger partial charge in [0.2, 0.25) is 11.8 Å². The summed E-state index contributed by atoms with van der Waals surface area (Å²) >= 11 is 5.37. The molecule has 0 radical (unpaired) electrons. The minimum Gasteiger partial charge on any atom is -0.481 e. The number of nitrogens with one attached hydrogen (secondary N) is 6. The molecule has 0 aliphatic heterocycles. The van der Waals surface area contributed by atoms with E-state index in [0.717, 1.165) is 24.9 Å². The molecule has 49 heavy (non-hydrogen) atoms. The van der Waals surface area contributed by atoms with Gasteiger partial charge in [-0.15, -0.1) is 0 Å². The molecule has 17 heteroatoms. The summed E-state index contributed by atoms with van der Waals surface area (Å²) in [4.78, 5) is 69.9. The molecule has 1 saturated carbocycles. The maximum atomic E-state index is 12.7. The van der Waals surface area contributed by atoms with Crippen molar-refractivity contribution in [3.63, 3.8) is 0 Å². The Bertz CT molecular complexity index is 1280. The van der Waals surface area contributed by atoms with Crippen molar-refractivity contribution in [2.45, 2.75) is 95.2 Å². The Morgan fingerprint density at radius 1 is 0.776 bits per heavy atom. The molecule has 1 aromatic rings. The van der Waals surface area contributed by atoms with Crippen LogP contribution in [0.5, 0.6) is 0 Å². The number of hydrogen-bond acceptors (Lipinski definition) is 8. The molecule has 0 aromatic heterocycles. The zero-order chi connectivity index (χ0) is 36.2. The number of nitrogens with two attached hydrogens (primary N) is 1. The van der Waals surface area contributed by atoms with Crippen molar-refractivity contribution < 1.29 is 44.1 Å². The van der Waals surface area contributed by atoms with Crippen LogP contribution in [-0.2, 0) is 30.4 Å². The number of unbranched alkanes of at least 4 members (excludes halogenated alkanes) is 3. The minimum absolute atomic E-state index is 0.0206. The van der Waals surface area contributed by atoms with Crippen LogP contribution in [0, 0.1) is 5.92 Å². The van der Waals surface area contributed by atoms with Crippen molar-refractivity contribution >= 4 is 58.8 Å². The van der Waals surface area contributed by atoms with Gasteiger partial charge in [-0.25, -0.2) is 9.59 Å². The van der Waals surface area contributed by atoms with E-state index in [-0.39, 0.29) is 44.2 Å². The summed E-state index contributed by atoms with van der Waals surface area (Å²) in [5.41, 5.74) is 8.28. The van der Waals surface area contributed by atoms with Crippen molar-refractivity contribution in [2.75, 3.05) is 25.0 Å². The fourth-order valence-corrected chi connectivity index (χ4v) is 5.11. The lowest BCUT2D eigenvalue weighted by molar-refractivity contribution is -0.140. The van der Waals surface area contributed by atoms with E-state index in [1.165, 1.54) is 18.4 Å². The van der Waals surface area contributed by atoms with Crippen LogP contribution in [0.1, 0.15) is 76.2 Å². The number of anilines is 1. The van der Waals surface area contributed by atoms with E-state index >= 15 is 0 Å². The Morgan fingerprint density at radius 3 is 2.08 bits per heavy atom. The third-order valence-corrected chi connectivity index (χ3v) is 8.04. The maximum Gasteiger partial charge on any atom is 0.326 e. The predicted octanol–water partition coefficient (Wildman–Crippen LogP) is 1.29. The summed E-state index contributed by atoms with van der Waals surface area (Å²) in [6, 6.07) is 5.00. The van der Waals surface area contributed by atoms with Gasteiger partial charge in [-0.05, 0) is 93.6 Å². The Hall–Kier alpha value is -4.51. The summed E-state index contributed by atoms with van der Waals surface area (Å²) in [6.45, 7) is 0.0638. The van der Waals surface area contributed by atoms with Gasteiger partial charge in [0.25, 0.3) is 0 Å². The second-order valence-electron chi connectivity index (χ2n) is 12.0. The summed E-state index contributed by atoms with van der Waals surface area (Å²) in [7, 11) is 0. The number of carboxylic acids is 3. The molecule has 0 spiro atoms. The molecule has 1 unspecified atom stereocenters. The molecule has 0 bridgehead atoms. The number of carbonyl (C=O) groups is 6. The fraction of sp³-hybridized carbons (Fsp3) is 0.594. The van der Waals surface area contributed by atoms with E-state index in [1.54, 1.807) is 0 Å². The van der Waals surface area contributed by atoms with E-state index in [0.29, 0.717) is 36.8 Å². The van der Waals surface area contributed by atoms with Crippen LogP contribution in [0.15, 0.2) is 24.3 Å². The van der Waals surface area contributed by atoms with Gasteiger partial charge in [0, 0.05) is 37.7 Å². The van der Waals surface area contributed by atoms with Gasteiger partial charge >= 0.3 is 23.9 Å². The van der Waals surface area contributed by atoms with Crippen molar-refractivity contribution in [1.29, 1.82) is 0 Å². The molecule has 1 fully saturated rings. The van der Waals surface area contributed by atoms with E-state index < -0.39 is 48.5 Å². The number of rotatable bonds is 24. The number of hydrogen-bond donors (Lipinski definition) is 10. The molecular weight excluding hydrogens is 658 g/mol. The van der Waals surface area contributed by atoms with Crippen molar-refractivity contribution in [3.8, 4) is 0 Å². The molecular formula is C32H49N7O9S. The smallest absolute Gasteiger partial charge is 0.326 e. The number of carbonyl (C=O) groups excluding carboxylic acids is 3. The van der Waals surface area contributed by atoms with Crippen LogP contribution in [0.4, 0.5) is 10.5 Å². The highest BCUT2D eigenvalue weighted by Crippen LogP contribution is 2.33. The first-order chi connectivity index (χ1) is 23.3. The highest BCUT2D eigenvalue weighted by atomic mass is 32.1. The van der Waals surface area contributed by atoms with Crippen LogP contribution >= 0.6 is 12.2 Å². The molecule has 0 heterocycles. The summed E-state index contributed by atoms with van der Waals surface area (Å²) in [6.07, 6.45) is 5.70. The van der Waals surface area contributed by atoms with Crippen LogP contribution in [0.25, 0.3) is 0 Å². The lowest BCUT2D eigenvalue weighted by atomic mass is 10.0. The van der Waals surface area contributed by atoms with Crippen LogP contribution < -0.4 is 37.6 Å². The largest absolute Gasteiger partial charge is 0.481 e. The number of urea groups is 1. The molecule has 3 atom stereocenters. The fourth-order valence-electron chi connectivity index (χ4n) is 4.89. The first-order valence-corrected chi connectivity index (χ1v) is 16.9. The summed E-state index contributed by atoms with van der Waals surface area (Å²) in [5.74, 6) is -3.98. The van der Waals surface area contributed by atoms with Gasteiger partial charge in [0.05, 0.1) is 0 Å². The number of aliphatic carboxylic acids is 3. The van der Waals surface area contributed by atoms with E-state index in [9.17, 15) is 33.9 Å². The van der Waals surface area contributed by atoms with E-state index in [2.05, 4.69) is 26.6 Å².